The van der Waals surface area contributed by atoms with Gasteiger partial charge in [0.15, 0.2) is 5.82 Å². The number of benzene rings is 2. The number of hydrogen-bond donors (Lipinski definition) is 1. The Kier molecular flexibility index (Phi) is 4.16. The number of anilines is 1. The van der Waals surface area contributed by atoms with Gasteiger partial charge in [-0.15, -0.1) is 11.8 Å². The first-order valence-electron chi connectivity index (χ1n) is 9.07. The molecule has 1 atom stereocenters. The van der Waals surface area contributed by atoms with Crippen LogP contribution >= 0.6 is 11.8 Å². The van der Waals surface area contributed by atoms with Gasteiger partial charge in [0.1, 0.15) is 0 Å². The number of amides is 1. The lowest BCUT2D eigenvalue weighted by molar-refractivity contribution is -0.117. The second kappa shape index (κ2) is 6.83. The molecular weight excluding hydrogens is 372 g/mol. The Bertz CT molecular complexity index is 1170. The number of thioether (sulfide) groups is 1. The molecule has 2 aromatic carbocycles. The van der Waals surface area contributed by atoms with Crippen LogP contribution in [0.4, 0.5) is 5.69 Å². The minimum Gasteiger partial charge on any atom is -0.361 e. The maximum atomic E-state index is 12.6. The molecule has 1 aliphatic heterocycles. The summed E-state index contributed by atoms with van der Waals surface area (Å²) in [5.41, 5.74) is 2.80. The number of nitrogens with zero attached hydrogens (tertiary/aromatic N) is 3. The van der Waals surface area contributed by atoms with Gasteiger partial charge in [-0.2, -0.15) is 4.98 Å². The van der Waals surface area contributed by atoms with Crippen molar-refractivity contribution in [2.24, 2.45) is 0 Å². The molecule has 0 saturated carbocycles. The number of hydrogen-bond acceptors (Lipinski definition) is 5. The molecule has 5 rings (SSSR count). The topological polar surface area (TPSA) is 75.0 Å². The average molecular weight is 390 g/mol. The first-order valence-corrected chi connectivity index (χ1v) is 10.3. The Labute approximate surface area is 165 Å². The minimum atomic E-state index is -0.0721. The highest BCUT2D eigenvalue weighted by Crippen LogP contribution is 2.33. The van der Waals surface area contributed by atoms with Gasteiger partial charge in [-0.1, -0.05) is 17.3 Å². The van der Waals surface area contributed by atoms with E-state index < -0.39 is 0 Å². The van der Waals surface area contributed by atoms with E-state index in [0.29, 0.717) is 24.7 Å². The van der Waals surface area contributed by atoms with Crippen molar-refractivity contribution in [3.05, 3.63) is 60.6 Å². The normalized spacial score (nSPS) is 17.0. The summed E-state index contributed by atoms with van der Waals surface area (Å²) in [4.78, 5) is 23.3. The van der Waals surface area contributed by atoms with E-state index in [1.807, 2.05) is 65.9 Å². The molecule has 2 aromatic heterocycles. The highest BCUT2D eigenvalue weighted by atomic mass is 32.2. The van der Waals surface area contributed by atoms with E-state index in [1.165, 1.54) is 0 Å². The number of aromatic nitrogens is 3. The lowest BCUT2D eigenvalue weighted by Gasteiger charge is -2.16. The summed E-state index contributed by atoms with van der Waals surface area (Å²) in [6, 6.07) is 16.0. The van der Waals surface area contributed by atoms with Gasteiger partial charge in [-0.05, 0) is 48.0 Å². The first kappa shape index (κ1) is 17.1. The number of fused-ring (bicyclic) bond motifs is 1. The monoisotopic (exact) mass is 390 g/mol. The van der Waals surface area contributed by atoms with Gasteiger partial charge in [-0.25, -0.2) is 0 Å². The molecule has 1 aliphatic rings. The average Bonchev–Trinajstić information content (AvgIpc) is 3.46. The third-order valence-corrected chi connectivity index (χ3v) is 5.82. The highest BCUT2D eigenvalue weighted by molar-refractivity contribution is 7.98. The van der Waals surface area contributed by atoms with Crippen molar-refractivity contribution in [2.45, 2.75) is 17.2 Å². The summed E-state index contributed by atoms with van der Waals surface area (Å²) in [7, 11) is 0. The molecule has 28 heavy (non-hydrogen) atoms. The molecule has 6 nitrogen and oxygen atoms in total. The zero-order valence-electron chi connectivity index (χ0n) is 15.3. The van der Waals surface area contributed by atoms with Crippen molar-refractivity contribution in [1.82, 2.24) is 15.1 Å². The van der Waals surface area contributed by atoms with Crippen LogP contribution in [-0.2, 0) is 4.79 Å². The van der Waals surface area contributed by atoms with Gasteiger partial charge in [0.2, 0.25) is 5.91 Å². The summed E-state index contributed by atoms with van der Waals surface area (Å²) in [5, 5.41) is 5.29. The SMILES string of the molecule is CSc1cccc(N2CC(c3noc(-c4ccc5cc[nH]c5c4)n3)CC2=O)c1. The fourth-order valence-electron chi connectivity index (χ4n) is 3.61. The minimum absolute atomic E-state index is 0.0721. The molecule has 7 heteroatoms. The van der Waals surface area contributed by atoms with Crippen LogP contribution < -0.4 is 4.90 Å². The Morgan fingerprint density at radius 2 is 2.14 bits per heavy atom. The van der Waals surface area contributed by atoms with E-state index in [1.54, 1.807) is 11.8 Å². The van der Waals surface area contributed by atoms with Crippen molar-refractivity contribution >= 4 is 34.3 Å². The van der Waals surface area contributed by atoms with Crippen LogP contribution in [0.2, 0.25) is 0 Å². The Morgan fingerprint density at radius 3 is 3.04 bits per heavy atom. The fourth-order valence-corrected chi connectivity index (χ4v) is 4.06. The first-order chi connectivity index (χ1) is 13.7. The summed E-state index contributed by atoms with van der Waals surface area (Å²) in [6.07, 6.45) is 4.32. The van der Waals surface area contributed by atoms with E-state index in [0.717, 1.165) is 27.0 Å². The zero-order valence-corrected chi connectivity index (χ0v) is 16.1. The molecule has 1 unspecified atom stereocenters. The van der Waals surface area contributed by atoms with Gasteiger partial charge in [0.05, 0.1) is 0 Å². The summed E-state index contributed by atoms with van der Waals surface area (Å²) < 4.78 is 5.49. The summed E-state index contributed by atoms with van der Waals surface area (Å²) in [6.45, 7) is 0.561. The lowest BCUT2D eigenvalue weighted by atomic mass is 10.1. The molecule has 0 aliphatic carbocycles. The van der Waals surface area contributed by atoms with Gasteiger partial charge >= 0.3 is 0 Å². The van der Waals surface area contributed by atoms with Crippen LogP contribution in [0.1, 0.15) is 18.2 Å². The molecule has 1 amide bonds. The predicted octanol–water partition coefficient (Wildman–Crippen LogP) is 4.46. The van der Waals surface area contributed by atoms with E-state index in [9.17, 15) is 4.79 Å². The molecule has 1 N–H and O–H groups in total. The van der Waals surface area contributed by atoms with Crippen LogP contribution in [0.3, 0.4) is 0 Å². The van der Waals surface area contributed by atoms with Crippen molar-refractivity contribution in [3.63, 3.8) is 0 Å². The molecule has 1 fully saturated rings. The quantitative estimate of drug-likeness (QED) is 0.521. The predicted molar refractivity (Wildman–Crippen MR) is 110 cm³/mol. The maximum Gasteiger partial charge on any atom is 0.258 e. The number of carbonyl (C=O) groups excluding carboxylic acids is 1. The number of rotatable bonds is 4. The maximum absolute atomic E-state index is 12.6. The Balaban J connectivity index is 1.39. The standard InChI is InChI=1S/C21H18N4O2S/c1-28-17-4-2-3-16(11-17)25-12-15(10-19(25)26)20-23-21(27-24-20)14-6-5-13-7-8-22-18(13)9-14/h2-9,11,15,22H,10,12H2,1H3. The largest absolute Gasteiger partial charge is 0.361 e. The van der Waals surface area contributed by atoms with Gasteiger partial charge < -0.3 is 14.4 Å². The Morgan fingerprint density at radius 1 is 1.21 bits per heavy atom. The van der Waals surface area contributed by atoms with Crippen molar-refractivity contribution in [1.29, 1.82) is 0 Å². The zero-order chi connectivity index (χ0) is 19.1. The van der Waals surface area contributed by atoms with Crippen LogP contribution in [0, 0.1) is 0 Å². The molecule has 0 radical (unpaired) electrons. The van der Waals surface area contributed by atoms with Crippen LogP contribution in [0.25, 0.3) is 22.4 Å². The third kappa shape index (κ3) is 2.97. The molecular formula is C21H18N4O2S. The number of H-pyrrole nitrogens is 1. The molecule has 0 spiro atoms. The van der Waals surface area contributed by atoms with E-state index in [-0.39, 0.29) is 11.8 Å². The van der Waals surface area contributed by atoms with Gasteiger partial charge in [0, 0.05) is 46.7 Å². The fraction of sp³-hybridized carbons (Fsp3) is 0.190. The van der Waals surface area contributed by atoms with E-state index in [2.05, 4.69) is 15.1 Å². The smallest absolute Gasteiger partial charge is 0.258 e. The van der Waals surface area contributed by atoms with E-state index in [4.69, 9.17) is 4.52 Å². The van der Waals surface area contributed by atoms with Crippen LogP contribution in [0.5, 0.6) is 0 Å². The van der Waals surface area contributed by atoms with Crippen molar-refractivity contribution < 1.29 is 9.32 Å². The lowest BCUT2D eigenvalue weighted by Crippen LogP contribution is -2.24. The highest BCUT2D eigenvalue weighted by Gasteiger charge is 2.34. The van der Waals surface area contributed by atoms with Gasteiger partial charge in [0.25, 0.3) is 5.89 Å². The van der Waals surface area contributed by atoms with Crippen molar-refractivity contribution in [3.8, 4) is 11.5 Å². The Hall–Kier alpha value is -3.06. The van der Waals surface area contributed by atoms with Crippen LogP contribution in [-0.4, -0.2) is 33.8 Å². The summed E-state index contributed by atoms with van der Waals surface area (Å²) >= 11 is 1.66. The summed E-state index contributed by atoms with van der Waals surface area (Å²) in [5.74, 6) is 1.07. The van der Waals surface area contributed by atoms with Gasteiger partial charge in [-0.3, -0.25) is 4.79 Å². The second-order valence-electron chi connectivity index (χ2n) is 6.84. The number of carbonyl (C=O) groups is 1. The second-order valence-corrected chi connectivity index (χ2v) is 7.72. The molecule has 4 aromatic rings. The molecule has 140 valence electrons. The van der Waals surface area contributed by atoms with E-state index >= 15 is 0 Å². The third-order valence-electron chi connectivity index (χ3n) is 5.10. The molecule has 3 heterocycles. The molecule has 0 bridgehead atoms. The number of aromatic amines is 1. The van der Waals surface area contributed by atoms with Crippen molar-refractivity contribution in [2.75, 3.05) is 17.7 Å². The number of nitrogens with one attached hydrogen (secondary N) is 1. The van der Waals surface area contributed by atoms with Crippen LogP contribution in [0.15, 0.2) is 64.1 Å². The molecule has 1 saturated heterocycles.